The van der Waals surface area contributed by atoms with E-state index in [0.29, 0.717) is 0 Å². The van der Waals surface area contributed by atoms with Crippen LogP contribution in [0.4, 0.5) is 13.2 Å². The summed E-state index contributed by atoms with van der Waals surface area (Å²) in [4.78, 5) is 2.81. The lowest BCUT2D eigenvalue weighted by molar-refractivity contribution is -0.137. The summed E-state index contributed by atoms with van der Waals surface area (Å²) in [6.07, 6.45) is -2.75. The minimum absolute atomic E-state index is 0.0402. The molecule has 0 bridgehead atoms. The summed E-state index contributed by atoms with van der Waals surface area (Å²) in [6.45, 7) is 0.0402. The van der Waals surface area contributed by atoms with Gasteiger partial charge in [-0.3, -0.25) is 0 Å². The van der Waals surface area contributed by atoms with Crippen LogP contribution >= 0.6 is 0 Å². The Balaban J connectivity index is 1.80. The van der Waals surface area contributed by atoms with Crippen molar-refractivity contribution in [2.24, 2.45) is 0 Å². The Morgan fingerprint density at radius 2 is 1.71 bits per heavy atom. The van der Waals surface area contributed by atoms with Gasteiger partial charge in [0.2, 0.25) is 10.0 Å². The standard InChI is InChI=1S/C16H13F3N2O2S/c17-16(18,19)12-4-6-13(7-5-12)24(22,23)21-10-11-2-1-3-15-14(11)8-9-20-15/h1-9,20-21H,10H2. The van der Waals surface area contributed by atoms with Gasteiger partial charge in [-0.15, -0.1) is 0 Å². The number of benzene rings is 2. The molecular weight excluding hydrogens is 341 g/mol. The van der Waals surface area contributed by atoms with E-state index in [1.807, 2.05) is 12.1 Å². The molecule has 0 aliphatic carbocycles. The topological polar surface area (TPSA) is 62.0 Å². The van der Waals surface area contributed by atoms with Gasteiger partial charge in [-0.1, -0.05) is 12.1 Å². The third-order valence-electron chi connectivity index (χ3n) is 3.63. The Morgan fingerprint density at radius 1 is 1.00 bits per heavy atom. The number of rotatable bonds is 4. The van der Waals surface area contributed by atoms with E-state index in [1.54, 1.807) is 18.3 Å². The van der Waals surface area contributed by atoms with Crippen molar-refractivity contribution < 1.29 is 21.6 Å². The van der Waals surface area contributed by atoms with Crippen molar-refractivity contribution in [2.45, 2.75) is 17.6 Å². The van der Waals surface area contributed by atoms with Gasteiger partial charge in [0.1, 0.15) is 0 Å². The summed E-state index contributed by atoms with van der Waals surface area (Å²) >= 11 is 0. The molecule has 0 saturated carbocycles. The van der Waals surface area contributed by atoms with Crippen LogP contribution in [0, 0.1) is 0 Å². The SMILES string of the molecule is O=S(=O)(NCc1cccc2[nH]ccc12)c1ccc(C(F)(F)F)cc1. The molecule has 0 radical (unpaired) electrons. The van der Waals surface area contributed by atoms with Crippen molar-refractivity contribution in [3.05, 3.63) is 65.9 Å². The summed E-state index contributed by atoms with van der Waals surface area (Å²) in [5, 5.41) is 0.882. The molecule has 0 aliphatic heterocycles. The highest BCUT2D eigenvalue weighted by Gasteiger charge is 2.30. The molecule has 24 heavy (non-hydrogen) atoms. The molecule has 1 heterocycles. The Hall–Kier alpha value is -2.32. The van der Waals surface area contributed by atoms with E-state index in [9.17, 15) is 21.6 Å². The first-order chi connectivity index (χ1) is 11.3. The smallest absolute Gasteiger partial charge is 0.361 e. The lowest BCUT2D eigenvalue weighted by atomic mass is 10.1. The third-order valence-corrected chi connectivity index (χ3v) is 5.05. The van der Waals surface area contributed by atoms with Crippen LogP contribution < -0.4 is 4.72 Å². The molecule has 0 atom stereocenters. The molecule has 3 rings (SSSR count). The number of halogens is 3. The van der Waals surface area contributed by atoms with Crippen LogP contribution in [0.1, 0.15) is 11.1 Å². The van der Waals surface area contributed by atoms with Crippen molar-refractivity contribution in [1.82, 2.24) is 9.71 Å². The largest absolute Gasteiger partial charge is 0.416 e. The number of hydrogen-bond donors (Lipinski definition) is 2. The highest BCUT2D eigenvalue weighted by molar-refractivity contribution is 7.89. The zero-order valence-electron chi connectivity index (χ0n) is 12.3. The molecule has 0 unspecified atom stereocenters. The second kappa shape index (κ2) is 5.95. The van der Waals surface area contributed by atoms with Gasteiger partial charge >= 0.3 is 6.18 Å². The number of fused-ring (bicyclic) bond motifs is 1. The number of alkyl halides is 3. The van der Waals surface area contributed by atoms with Gasteiger partial charge in [-0.05, 0) is 42.0 Å². The Morgan fingerprint density at radius 3 is 2.38 bits per heavy atom. The Bertz CT molecular complexity index is 961. The van der Waals surface area contributed by atoms with E-state index in [2.05, 4.69) is 9.71 Å². The molecule has 0 amide bonds. The summed E-state index contributed by atoms with van der Waals surface area (Å²) in [5.74, 6) is 0. The molecule has 0 saturated heterocycles. The minimum atomic E-state index is -4.50. The molecule has 2 N–H and O–H groups in total. The van der Waals surface area contributed by atoms with Crippen molar-refractivity contribution in [1.29, 1.82) is 0 Å². The van der Waals surface area contributed by atoms with Crippen molar-refractivity contribution in [2.75, 3.05) is 0 Å². The maximum Gasteiger partial charge on any atom is 0.416 e. The number of H-pyrrole nitrogens is 1. The summed E-state index contributed by atoms with van der Waals surface area (Å²) in [5.41, 5.74) is 0.754. The van der Waals surface area contributed by atoms with E-state index in [1.165, 1.54) is 0 Å². The number of sulfonamides is 1. The number of nitrogens with one attached hydrogen (secondary N) is 2. The fourth-order valence-electron chi connectivity index (χ4n) is 2.38. The quantitative estimate of drug-likeness (QED) is 0.751. The van der Waals surface area contributed by atoms with E-state index < -0.39 is 21.8 Å². The molecule has 1 aromatic heterocycles. The Kier molecular flexibility index (Phi) is 4.10. The minimum Gasteiger partial charge on any atom is -0.361 e. The lowest BCUT2D eigenvalue weighted by Crippen LogP contribution is -2.23. The van der Waals surface area contributed by atoms with Crippen LogP contribution in [-0.4, -0.2) is 13.4 Å². The second-order valence-corrected chi connectivity index (χ2v) is 6.97. The molecule has 0 fully saturated rings. The van der Waals surface area contributed by atoms with Gasteiger partial charge in [-0.25, -0.2) is 13.1 Å². The van der Waals surface area contributed by atoms with Gasteiger partial charge in [0, 0.05) is 23.6 Å². The van der Waals surface area contributed by atoms with Crippen molar-refractivity contribution >= 4 is 20.9 Å². The van der Waals surface area contributed by atoms with E-state index >= 15 is 0 Å². The first kappa shape index (κ1) is 16.5. The van der Waals surface area contributed by atoms with Crippen molar-refractivity contribution in [3.63, 3.8) is 0 Å². The van der Waals surface area contributed by atoms with Crippen LogP contribution in [0.15, 0.2) is 59.6 Å². The van der Waals surface area contributed by atoms with Crippen LogP contribution in [-0.2, 0) is 22.7 Å². The summed E-state index contributed by atoms with van der Waals surface area (Å²) < 4.78 is 64.5. The molecule has 126 valence electrons. The summed E-state index contributed by atoms with van der Waals surface area (Å²) in [6, 6.07) is 10.7. The van der Waals surface area contributed by atoms with Crippen LogP contribution in [0.3, 0.4) is 0 Å². The lowest BCUT2D eigenvalue weighted by Gasteiger charge is -2.10. The van der Waals surface area contributed by atoms with Crippen LogP contribution in [0.5, 0.6) is 0 Å². The van der Waals surface area contributed by atoms with E-state index in [-0.39, 0.29) is 11.4 Å². The monoisotopic (exact) mass is 354 g/mol. The van der Waals surface area contributed by atoms with Gasteiger partial charge in [0.25, 0.3) is 0 Å². The molecule has 2 aromatic carbocycles. The van der Waals surface area contributed by atoms with Crippen molar-refractivity contribution in [3.8, 4) is 0 Å². The highest BCUT2D eigenvalue weighted by Crippen LogP contribution is 2.29. The highest BCUT2D eigenvalue weighted by atomic mass is 32.2. The van der Waals surface area contributed by atoms with E-state index in [4.69, 9.17) is 0 Å². The molecule has 8 heteroatoms. The average molecular weight is 354 g/mol. The van der Waals surface area contributed by atoms with Gasteiger partial charge in [-0.2, -0.15) is 13.2 Å². The fourth-order valence-corrected chi connectivity index (χ4v) is 3.39. The molecule has 4 nitrogen and oxygen atoms in total. The first-order valence-electron chi connectivity index (χ1n) is 6.99. The van der Waals surface area contributed by atoms with Gasteiger partial charge in [0.15, 0.2) is 0 Å². The molecule has 0 aliphatic rings. The van der Waals surface area contributed by atoms with Crippen LogP contribution in [0.25, 0.3) is 10.9 Å². The van der Waals surface area contributed by atoms with Gasteiger partial charge in [0.05, 0.1) is 10.5 Å². The maximum atomic E-state index is 12.5. The predicted octanol–water partition coefficient (Wildman–Crippen LogP) is 3.67. The maximum absolute atomic E-state index is 12.5. The molecule has 0 spiro atoms. The zero-order valence-corrected chi connectivity index (χ0v) is 13.1. The first-order valence-corrected chi connectivity index (χ1v) is 8.47. The van der Waals surface area contributed by atoms with Crippen LogP contribution in [0.2, 0.25) is 0 Å². The number of hydrogen-bond acceptors (Lipinski definition) is 2. The average Bonchev–Trinajstić information content (AvgIpc) is 3.01. The second-order valence-electron chi connectivity index (χ2n) is 5.20. The number of aromatic amines is 1. The summed E-state index contributed by atoms with van der Waals surface area (Å²) in [7, 11) is -3.90. The molecular formula is C16H13F3N2O2S. The third kappa shape index (κ3) is 3.29. The number of aromatic nitrogens is 1. The fraction of sp³-hybridized carbons (Fsp3) is 0.125. The normalized spacial score (nSPS) is 12.6. The van der Waals surface area contributed by atoms with Gasteiger partial charge < -0.3 is 4.98 Å². The molecule has 3 aromatic rings. The Labute approximate surface area is 136 Å². The van der Waals surface area contributed by atoms with E-state index in [0.717, 1.165) is 40.7 Å². The zero-order chi connectivity index (χ0) is 17.4. The predicted molar refractivity (Wildman–Crippen MR) is 83.8 cm³/mol.